The van der Waals surface area contributed by atoms with Gasteiger partial charge in [-0.2, -0.15) is 4.57 Å². The fourth-order valence-corrected chi connectivity index (χ4v) is 11.8. The van der Waals surface area contributed by atoms with Crippen LogP contribution in [0.15, 0.2) is 215 Å². The van der Waals surface area contributed by atoms with Crippen LogP contribution in [0.3, 0.4) is 0 Å². The van der Waals surface area contributed by atoms with Crippen molar-refractivity contribution in [2.45, 2.75) is 29.6 Å². The van der Waals surface area contributed by atoms with Gasteiger partial charge in [-0.3, -0.25) is 14.5 Å². The van der Waals surface area contributed by atoms with Gasteiger partial charge in [0.1, 0.15) is 35.5 Å². The van der Waals surface area contributed by atoms with Crippen molar-refractivity contribution in [1.29, 1.82) is 0 Å². The van der Waals surface area contributed by atoms with Crippen LogP contribution in [0.4, 0.5) is 5.13 Å². The first kappa shape index (κ1) is 48.1. The van der Waals surface area contributed by atoms with Crippen molar-refractivity contribution in [2.24, 2.45) is 5.16 Å². The zero-order valence-corrected chi connectivity index (χ0v) is 42.2. The number of benzene rings is 5. The number of nitrogens with zero attached hydrogens (tertiary/aromatic N) is 4. The summed E-state index contributed by atoms with van der Waals surface area (Å²) >= 11 is 4.43. The smallest absolute Gasteiger partial charge is 0.356 e. The average Bonchev–Trinajstić information content (AvgIpc) is 4.10. The molecule has 0 bridgehead atoms. The molecule has 5 heterocycles. The molecule has 0 radical (unpaired) electrons. The number of rotatable bonds is 16. The van der Waals surface area contributed by atoms with Crippen molar-refractivity contribution in [3.63, 3.8) is 0 Å². The van der Waals surface area contributed by atoms with Crippen LogP contribution < -0.4 is 39.2 Å². The number of hydrogen-bond acceptors (Lipinski definition) is 11. The maximum atomic E-state index is 14.7. The Morgan fingerprint density at radius 1 is 0.814 bits per heavy atom. The van der Waals surface area contributed by atoms with Crippen LogP contribution in [0, 0.1) is 0 Å². The number of nitrogens with one attached hydrogen (secondary N) is 2. The largest absolute Gasteiger partial charge is 1.00 e. The quantitative estimate of drug-likeness (QED) is 0.0210. The van der Waals surface area contributed by atoms with Gasteiger partial charge in [0.15, 0.2) is 29.7 Å². The minimum atomic E-state index is -0.984. The molecule has 1 fully saturated rings. The first-order valence-corrected chi connectivity index (χ1v) is 25.1. The number of pyridine rings is 1. The molecule has 0 spiro atoms. The number of hydrogen-bond donors (Lipinski definition) is 2. The van der Waals surface area contributed by atoms with Crippen molar-refractivity contribution in [3.8, 4) is 0 Å². The van der Waals surface area contributed by atoms with Crippen molar-refractivity contribution in [3.05, 3.63) is 244 Å². The number of thiophene rings is 1. The Morgan fingerprint density at radius 3 is 1.99 bits per heavy atom. The summed E-state index contributed by atoms with van der Waals surface area (Å²) in [4.78, 5) is 56.2. The maximum Gasteiger partial charge on any atom is 0.356 e. The lowest BCUT2D eigenvalue weighted by Gasteiger charge is -2.49. The summed E-state index contributed by atoms with van der Waals surface area (Å²) in [6, 6.07) is 54.7. The third-order valence-electron chi connectivity index (χ3n) is 12.1. The fraction of sp³-hybridized carbons (Fsp3) is 0.127. The number of carbonyl (C=O) groups is 3. The number of carbonyl (C=O) groups excluding carboxylic acids is 3. The lowest BCUT2D eigenvalue weighted by molar-refractivity contribution is -0.658. The lowest BCUT2D eigenvalue weighted by atomic mass is 9.77. The van der Waals surface area contributed by atoms with Gasteiger partial charge < -0.3 is 44.2 Å². The second-order valence-electron chi connectivity index (χ2n) is 16.2. The molecule has 0 saturated carbocycles. The predicted octanol–water partition coefficient (Wildman–Crippen LogP) is 6.65. The van der Waals surface area contributed by atoms with Crippen LogP contribution in [0.1, 0.15) is 39.6 Å². The second kappa shape index (κ2) is 21.8. The van der Waals surface area contributed by atoms with E-state index in [0.717, 1.165) is 38.0 Å². The highest BCUT2D eigenvalue weighted by atomic mass is 127. The summed E-state index contributed by atoms with van der Waals surface area (Å²) in [5, 5.41) is 15.7. The van der Waals surface area contributed by atoms with Crippen LogP contribution in [-0.2, 0) is 36.0 Å². The Morgan fingerprint density at radius 2 is 1.40 bits per heavy atom. The van der Waals surface area contributed by atoms with Crippen LogP contribution in [0.2, 0.25) is 0 Å². The number of anilines is 1. The minimum Gasteiger partial charge on any atom is -1.00 e. The van der Waals surface area contributed by atoms with Crippen LogP contribution >= 0.6 is 34.4 Å². The van der Waals surface area contributed by atoms with Crippen LogP contribution in [0.25, 0.3) is 10.2 Å². The number of amides is 2. The molecule has 2 aliphatic heterocycles. The van der Waals surface area contributed by atoms with E-state index in [0.29, 0.717) is 23.0 Å². The van der Waals surface area contributed by atoms with Gasteiger partial charge in [0.05, 0.1) is 5.39 Å². The third kappa shape index (κ3) is 9.66. The molecule has 2 atom stereocenters. The Bertz CT molecular complexity index is 3070. The standard InChI is InChI=1S/C55H44N6O5S3.HI/c1-65-59-45(44-36-69-54(56-44)58-55(41-25-11-4-12-26-41,42-27-13-5-14-28-42)43-29-15-6-16-30-43)49(62)57-46-50(63)61-47(53(64)66-48(37-19-7-2-8-20-37)38-21-9-3-10-22-38)40(35-68-52(46)61)24-18-33-60-32-17-23-39-31-34-67-51(39)60;/h2-32,34,36,46,48,52H,33,35H2,1H3,(H-,56,57,58,62);1H/t46-,52-;/m1./s1. The number of oxime groups is 1. The van der Waals surface area contributed by atoms with Crippen molar-refractivity contribution in [2.75, 3.05) is 18.2 Å². The summed E-state index contributed by atoms with van der Waals surface area (Å²) in [6.45, 7) is 0.544. The molecule has 2 N–H and O–H groups in total. The van der Waals surface area contributed by atoms with Crippen LogP contribution in [-0.4, -0.2) is 57.7 Å². The number of thiazole rings is 1. The highest BCUT2D eigenvalue weighted by Gasteiger charge is 2.55. The number of fused-ring (bicyclic) bond motifs is 2. The highest BCUT2D eigenvalue weighted by molar-refractivity contribution is 8.00. The number of aromatic nitrogens is 2. The summed E-state index contributed by atoms with van der Waals surface area (Å²) in [5.74, 6) is -1.38. The molecular formula is C55H45IN6O5S3. The zero-order chi connectivity index (χ0) is 47.2. The molecule has 5 aromatic carbocycles. The van der Waals surface area contributed by atoms with E-state index in [4.69, 9.17) is 14.6 Å². The summed E-state index contributed by atoms with van der Waals surface area (Å²) in [7, 11) is 1.35. The Hall–Kier alpha value is -6.92. The zero-order valence-electron chi connectivity index (χ0n) is 37.6. The molecule has 2 aliphatic rings. The van der Waals surface area contributed by atoms with Gasteiger partial charge in [-0.05, 0) is 57.0 Å². The lowest BCUT2D eigenvalue weighted by Crippen LogP contribution is -3.00. The Kier molecular flexibility index (Phi) is 15.0. The topological polar surface area (TPSA) is 126 Å². The molecule has 15 heteroatoms. The van der Waals surface area contributed by atoms with Gasteiger partial charge in [0.25, 0.3) is 16.6 Å². The molecule has 3 aromatic heterocycles. The molecule has 350 valence electrons. The number of thioether (sulfide) groups is 1. The van der Waals surface area contributed by atoms with E-state index in [1.807, 2.05) is 140 Å². The monoisotopic (exact) mass is 1090 g/mol. The molecule has 70 heavy (non-hydrogen) atoms. The number of ether oxygens (including phenoxy) is 1. The predicted molar refractivity (Wildman–Crippen MR) is 273 cm³/mol. The van der Waals surface area contributed by atoms with Gasteiger partial charge in [-0.25, -0.2) is 9.78 Å². The minimum absolute atomic E-state index is 0. The molecule has 0 unspecified atom stereocenters. The second-order valence-corrected chi connectivity index (χ2v) is 19.1. The number of esters is 1. The third-order valence-corrected chi connectivity index (χ3v) is 15.1. The number of β-lactam (4-membered cyclic amide) rings is 1. The van der Waals surface area contributed by atoms with Gasteiger partial charge >= 0.3 is 5.97 Å². The van der Waals surface area contributed by atoms with Gasteiger partial charge in [-0.15, -0.1) is 23.1 Å². The normalized spacial score (nSPS) is 15.8. The van der Waals surface area contributed by atoms with Gasteiger partial charge in [-0.1, -0.05) is 174 Å². The average molecular weight is 1090 g/mol. The highest BCUT2D eigenvalue weighted by Crippen LogP contribution is 2.43. The molecule has 10 rings (SSSR count). The Labute approximate surface area is 434 Å². The summed E-state index contributed by atoms with van der Waals surface area (Å²) in [6.07, 6.45) is 5.17. The number of halogens is 1. The van der Waals surface area contributed by atoms with E-state index in [-0.39, 0.29) is 41.1 Å². The van der Waals surface area contributed by atoms with E-state index in [9.17, 15) is 14.4 Å². The maximum absolute atomic E-state index is 14.7. The molecule has 0 aliphatic carbocycles. The SMILES string of the molecule is CON=C(C(=O)N[C@@H]1C(=O)N2C(C(=O)OC(c3ccccc3)c3ccccc3)=C(C=CC[n+]3cccc4ccsc43)CS[C@H]12)c1csc(NC(c2ccccc2)(c2ccccc2)c2ccccc2)n1.[I-]. The first-order chi connectivity index (χ1) is 33.9. The van der Waals surface area contributed by atoms with E-state index >= 15 is 0 Å². The van der Waals surface area contributed by atoms with Crippen LogP contribution in [0.5, 0.6) is 0 Å². The Balaban J connectivity index is 0.00000608. The van der Waals surface area contributed by atoms with Gasteiger partial charge in [0, 0.05) is 17.2 Å². The van der Waals surface area contributed by atoms with Gasteiger partial charge in [0.2, 0.25) is 0 Å². The summed E-state index contributed by atoms with van der Waals surface area (Å²) in [5.41, 5.74) is 4.60. The van der Waals surface area contributed by atoms with Crippen molar-refractivity contribution in [1.82, 2.24) is 15.2 Å². The molecule has 11 nitrogen and oxygen atoms in total. The number of allylic oxidation sites excluding steroid dienone is 2. The molecule has 1 saturated heterocycles. The molecular weight excluding hydrogens is 1050 g/mol. The van der Waals surface area contributed by atoms with E-state index < -0.39 is 40.8 Å². The van der Waals surface area contributed by atoms with Crippen molar-refractivity contribution < 1.29 is 52.5 Å². The summed E-state index contributed by atoms with van der Waals surface area (Å²) < 4.78 is 8.54. The molecule has 2 amide bonds. The fourth-order valence-electron chi connectivity index (χ4n) is 8.84. The first-order valence-electron chi connectivity index (χ1n) is 22.3. The van der Waals surface area contributed by atoms with E-state index in [1.54, 1.807) is 16.7 Å². The van der Waals surface area contributed by atoms with Crippen molar-refractivity contribution >= 4 is 73.3 Å². The molecule has 8 aromatic rings. The van der Waals surface area contributed by atoms with E-state index in [1.165, 1.54) is 35.1 Å². The van der Waals surface area contributed by atoms with E-state index in [2.05, 4.69) is 74.3 Å².